The van der Waals surface area contributed by atoms with Gasteiger partial charge in [-0.1, -0.05) is 18.2 Å². The topological polar surface area (TPSA) is 9.23 Å². The molecule has 0 atom stereocenters. The molecule has 0 aromatic rings. The molecule has 4 heteroatoms. The first kappa shape index (κ1) is 11.2. The van der Waals surface area contributed by atoms with Gasteiger partial charge in [-0.2, -0.15) is 0 Å². The third-order valence-electron chi connectivity index (χ3n) is 1.04. The summed E-state index contributed by atoms with van der Waals surface area (Å²) in [6, 6.07) is 0. The molecular formula is C8H11F3O. The monoisotopic (exact) mass is 180 g/mol. The summed E-state index contributed by atoms with van der Waals surface area (Å²) in [6.45, 7) is 2.95. The van der Waals surface area contributed by atoms with E-state index in [0.717, 1.165) is 0 Å². The maximum absolute atomic E-state index is 11.5. The third kappa shape index (κ3) is 7.34. The smallest absolute Gasteiger partial charge is 0.287 e. The van der Waals surface area contributed by atoms with Crippen LogP contribution in [0, 0.1) is 0 Å². The van der Waals surface area contributed by atoms with Crippen molar-refractivity contribution in [1.82, 2.24) is 0 Å². The lowest BCUT2D eigenvalue weighted by atomic mass is 10.3. The molecule has 0 radical (unpaired) electrons. The Labute approximate surface area is 69.5 Å². The summed E-state index contributed by atoms with van der Waals surface area (Å²) < 4.78 is 38.0. The van der Waals surface area contributed by atoms with Crippen LogP contribution in [0.15, 0.2) is 23.8 Å². The van der Waals surface area contributed by atoms with Crippen LogP contribution in [0.3, 0.4) is 0 Å². The Kier molecular flexibility index (Phi) is 4.66. The van der Waals surface area contributed by atoms with Crippen LogP contribution in [0.5, 0.6) is 0 Å². The maximum Gasteiger partial charge on any atom is 0.522 e. The van der Waals surface area contributed by atoms with Gasteiger partial charge in [-0.05, 0) is 19.4 Å². The number of ether oxygens (including phenoxy) is 1. The van der Waals surface area contributed by atoms with Crippen molar-refractivity contribution in [2.45, 2.75) is 20.2 Å². The van der Waals surface area contributed by atoms with Gasteiger partial charge in [0.1, 0.15) is 0 Å². The molecule has 0 aliphatic heterocycles. The van der Waals surface area contributed by atoms with Crippen LogP contribution < -0.4 is 0 Å². The molecule has 0 aliphatic rings. The van der Waals surface area contributed by atoms with Gasteiger partial charge in [-0.3, -0.25) is 4.74 Å². The van der Waals surface area contributed by atoms with Crippen molar-refractivity contribution in [1.29, 1.82) is 0 Å². The molecule has 70 valence electrons. The zero-order valence-electron chi connectivity index (χ0n) is 6.98. The predicted octanol–water partition coefficient (Wildman–Crippen LogP) is 3.05. The Hall–Kier alpha value is -0.770. The number of allylic oxidation sites excluding steroid dienone is 3. The summed E-state index contributed by atoms with van der Waals surface area (Å²) in [4.78, 5) is 0. The van der Waals surface area contributed by atoms with Crippen molar-refractivity contribution in [3.63, 3.8) is 0 Å². The number of hydrogen-bond donors (Lipinski definition) is 0. The van der Waals surface area contributed by atoms with Crippen molar-refractivity contribution in [3.05, 3.63) is 23.8 Å². The maximum atomic E-state index is 11.5. The second-order valence-corrected chi connectivity index (χ2v) is 2.27. The standard InChI is InChI=1S/C8H11F3O/c1-3-4-5-7(2)6-12-8(9,10)11/h3-5H,6H2,1-2H3/b4-3-,7-5-. The van der Waals surface area contributed by atoms with Gasteiger partial charge in [-0.15, -0.1) is 13.2 Å². The van der Waals surface area contributed by atoms with E-state index in [1.165, 1.54) is 0 Å². The summed E-state index contributed by atoms with van der Waals surface area (Å²) in [5.41, 5.74) is 0.533. The van der Waals surface area contributed by atoms with Gasteiger partial charge in [0.2, 0.25) is 0 Å². The zero-order valence-corrected chi connectivity index (χ0v) is 6.98. The van der Waals surface area contributed by atoms with Crippen LogP contribution in [-0.2, 0) is 4.74 Å². The van der Waals surface area contributed by atoms with Gasteiger partial charge < -0.3 is 0 Å². The fourth-order valence-electron chi connectivity index (χ4n) is 0.504. The van der Waals surface area contributed by atoms with E-state index < -0.39 is 13.0 Å². The van der Waals surface area contributed by atoms with E-state index in [2.05, 4.69) is 4.74 Å². The summed E-state index contributed by atoms with van der Waals surface area (Å²) in [5.74, 6) is 0. The lowest BCUT2D eigenvalue weighted by Crippen LogP contribution is -2.14. The lowest BCUT2D eigenvalue weighted by molar-refractivity contribution is -0.320. The van der Waals surface area contributed by atoms with Crippen LogP contribution in [0.4, 0.5) is 13.2 Å². The summed E-state index contributed by atoms with van der Waals surface area (Å²) in [7, 11) is 0. The first-order valence-electron chi connectivity index (χ1n) is 3.45. The highest BCUT2D eigenvalue weighted by molar-refractivity contribution is 5.09. The van der Waals surface area contributed by atoms with Crippen molar-refractivity contribution in [2.75, 3.05) is 6.61 Å². The van der Waals surface area contributed by atoms with Gasteiger partial charge in [0.15, 0.2) is 0 Å². The van der Waals surface area contributed by atoms with Crippen molar-refractivity contribution in [3.8, 4) is 0 Å². The molecule has 0 saturated carbocycles. The lowest BCUT2D eigenvalue weighted by Gasteiger charge is -2.06. The van der Waals surface area contributed by atoms with Crippen LogP contribution in [0.1, 0.15) is 13.8 Å². The molecule has 0 unspecified atom stereocenters. The molecule has 12 heavy (non-hydrogen) atoms. The molecule has 0 amide bonds. The molecule has 0 aromatic heterocycles. The van der Waals surface area contributed by atoms with Gasteiger partial charge in [0.25, 0.3) is 0 Å². The molecular weight excluding hydrogens is 169 g/mol. The third-order valence-corrected chi connectivity index (χ3v) is 1.04. The minimum absolute atomic E-state index is 0.409. The van der Waals surface area contributed by atoms with E-state index in [-0.39, 0.29) is 0 Å². The van der Waals surface area contributed by atoms with Crippen LogP contribution in [-0.4, -0.2) is 13.0 Å². The Morgan fingerprint density at radius 1 is 1.42 bits per heavy atom. The van der Waals surface area contributed by atoms with E-state index >= 15 is 0 Å². The average Bonchev–Trinajstić information content (AvgIpc) is 1.95. The molecule has 0 bridgehead atoms. The Morgan fingerprint density at radius 2 is 2.00 bits per heavy atom. The van der Waals surface area contributed by atoms with Gasteiger partial charge in [0.05, 0.1) is 6.61 Å². The zero-order chi connectivity index (χ0) is 9.61. The van der Waals surface area contributed by atoms with Crippen molar-refractivity contribution >= 4 is 0 Å². The number of rotatable bonds is 3. The van der Waals surface area contributed by atoms with E-state index in [0.29, 0.717) is 5.57 Å². The van der Waals surface area contributed by atoms with E-state index in [1.807, 2.05) is 0 Å². The van der Waals surface area contributed by atoms with Gasteiger partial charge in [-0.25, -0.2) is 0 Å². The Balaban J connectivity index is 3.79. The van der Waals surface area contributed by atoms with E-state index in [4.69, 9.17) is 0 Å². The second kappa shape index (κ2) is 4.98. The van der Waals surface area contributed by atoms with Gasteiger partial charge in [0, 0.05) is 0 Å². The highest BCUT2D eigenvalue weighted by atomic mass is 19.4. The van der Waals surface area contributed by atoms with E-state index in [9.17, 15) is 13.2 Å². The largest absolute Gasteiger partial charge is 0.522 e. The van der Waals surface area contributed by atoms with Crippen LogP contribution in [0.2, 0.25) is 0 Å². The minimum atomic E-state index is -4.54. The SMILES string of the molecule is C/C=C\C=C(\C)COC(F)(F)F. The quantitative estimate of drug-likeness (QED) is 0.606. The first-order chi connectivity index (χ1) is 5.45. The predicted molar refractivity (Wildman–Crippen MR) is 40.6 cm³/mol. The normalized spacial score (nSPS) is 14.2. The molecule has 0 aliphatic carbocycles. The average molecular weight is 180 g/mol. The summed E-state index contributed by atoms with van der Waals surface area (Å²) in [6.07, 6.45) is 0.433. The minimum Gasteiger partial charge on any atom is -0.287 e. The number of halogens is 3. The Morgan fingerprint density at radius 3 is 2.42 bits per heavy atom. The molecule has 0 N–H and O–H groups in total. The van der Waals surface area contributed by atoms with Crippen LogP contribution >= 0.6 is 0 Å². The summed E-state index contributed by atoms with van der Waals surface area (Å²) >= 11 is 0. The highest BCUT2D eigenvalue weighted by Gasteiger charge is 2.28. The Bertz CT molecular complexity index is 179. The van der Waals surface area contributed by atoms with Crippen molar-refractivity contribution < 1.29 is 17.9 Å². The molecule has 0 spiro atoms. The molecule has 1 nitrogen and oxygen atoms in total. The second-order valence-electron chi connectivity index (χ2n) is 2.27. The molecule has 0 heterocycles. The molecule has 0 rings (SSSR count). The highest BCUT2D eigenvalue weighted by Crippen LogP contribution is 2.16. The van der Waals surface area contributed by atoms with Gasteiger partial charge >= 0.3 is 6.36 Å². The van der Waals surface area contributed by atoms with Crippen LogP contribution in [0.25, 0.3) is 0 Å². The summed E-state index contributed by atoms with van der Waals surface area (Å²) in [5, 5.41) is 0. The number of alkyl halides is 3. The van der Waals surface area contributed by atoms with Crippen molar-refractivity contribution in [2.24, 2.45) is 0 Å². The van der Waals surface area contributed by atoms with E-state index in [1.54, 1.807) is 32.1 Å². The number of hydrogen-bond acceptors (Lipinski definition) is 1. The molecule has 0 aromatic carbocycles. The fourth-order valence-corrected chi connectivity index (χ4v) is 0.504. The fraction of sp³-hybridized carbons (Fsp3) is 0.500. The molecule has 0 saturated heterocycles. The molecule has 0 fully saturated rings. The first-order valence-corrected chi connectivity index (χ1v) is 3.45.